The quantitative estimate of drug-likeness (QED) is 0.901. The molecule has 1 aliphatic heterocycles. The molecule has 0 spiro atoms. The van der Waals surface area contributed by atoms with Gasteiger partial charge in [0.25, 0.3) is 0 Å². The van der Waals surface area contributed by atoms with E-state index >= 15 is 0 Å². The van der Waals surface area contributed by atoms with Crippen molar-refractivity contribution in [2.24, 2.45) is 0 Å². The van der Waals surface area contributed by atoms with Crippen LogP contribution in [0.5, 0.6) is 0 Å². The number of rotatable bonds is 5. The van der Waals surface area contributed by atoms with Crippen LogP contribution in [0.1, 0.15) is 38.6 Å². The van der Waals surface area contributed by atoms with Gasteiger partial charge in [-0.1, -0.05) is 13.8 Å². The molecule has 1 aliphatic rings. The topological polar surface area (TPSA) is 33.1 Å². The lowest BCUT2D eigenvalue weighted by Crippen LogP contribution is -2.50. The van der Waals surface area contributed by atoms with E-state index in [4.69, 9.17) is 0 Å². The molecular weight excluding hydrogens is 304 g/mol. The van der Waals surface area contributed by atoms with Gasteiger partial charge in [-0.15, -0.1) is 0 Å². The average molecular weight is 329 g/mol. The predicted molar refractivity (Wildman–Crippen MR) is 82.3 cm³/mol. The molecule has 5 heteroatoms. The van der Waals surface area contributed by atoms with Crippen LogP contribution in [0.2, 0.25) is 0 Å². The Labute approximate surface area is 124 Å². The normalized spacial score (nSPS) is 20.9. The van der Waals surface area contributed by atoms with Gasteiger partial charge in [0.1, 0.15) is 0 Å². The minimum absolute atomic E-state index is 0.635. The monoisotopic (exact) mass is 328 g/mol. The summed E-state index contributed by atoms with van der Waals surface area (Å²) < 4.78 is 3.36. The Morgan fingerprint density at radius 1 is 1.37 bits per heavy atom. The van der Waals surface area contributed by atoms with E-state index in [-0.39, 0.29) is 0 Å². The summed E-state index contributed by atoms with van der Waals surface area (Å²) in [6.45, 7) is 11.9. The molecule has 108 valence electrons. The summed E-state index contributed by atoms with van der Waals surface area (Å²) in [4.78, 5) is 2.54. The third kappa shape index (κ3) is 3.38. The smallest absolute Gasteiger partial charge is 0.0767 e. The molecular formula is C14H25BrN4. The van der Waals surface area contributed by atoms with Crippen molar-refractivity contribution in [1.29, 1.82) is 0 Å². The molecule has 1 saturated heterocycles. The molecule has 0 aliphatic carbocycles. The minimum atomic E-state index is 0.635. The summed E-state index contributed by atoms with van der Waals surface area (Å²) in [6.07, 6.45) is 2.19. The SMILES string of the molecule is CCc1nn(CC)c(CN2CCNC(CC)C2)c1Br. The zero-order chi connectivity index (χ0) is 13.8. The van der Waals surface area contributed by atoms with Crippen LogP contribution in [0, 0.1) is 0 Å². The van der Waals surface area contributed by atoms with Gasteiger partial charge in [-0.05, 0) is 35.7 Å². The highest BCUT2D eigenvalue weighted by atomic mass is 79.9. The summed E-state index contributed by atoms with van der Waals surface area (Å²) in [7, 11) is 0. The van der Waals surface area contributed by atoms with Crippen molar-refractivity contribution >= 4 is 15.9 Å². The lowest BCUT2D eigenvalue weighted by atomic mass is 10.1. The summed E-state index contributed by atoms with van der Waals surface area (Å²) in [6, 6.07) is 0.635. The third-order valence-electron chi connectivity index (χ3n) is 3.90. The lowest BCUT2D eigenvalue weighted by molar-refractivity contribution is 0.185. The number of hydrogen-bond donors (Lipinski definition) is 1. The summed E-state index contributed by atoms with van der Waals surface area (Å²) in [5.74, 6) is 0. The molecule has 0 bridgehead atoms. The van der Waals surface area contributed by atoms with Gasteiger partial charge in [0.05, 0.1) is 15.9 Å². The first-order valence-electron chi connectivity index (χ1n) is 7.39. The van der Waals surface area contributed by atoms with Crippen LogP contribution in [0.15, 0.2) is 4.47 Å². The molecule has 1 aromatic rings. The molecule has 1 fully saturated rings. The lowest BCUT2D eigenvalue weighted by Gasteiger charge is -2.33. The van der Waals surface area contributed by atoms with Crippen LogP contribution in [-0.4, -0.2) is 40.4 Å². The molecule has 1 aromatic heterocycles. The van der Waals surface area contributed by atoms with Gasteiger partial charge in [0, 0.05) is 38.8 Å². The second kappa shape index (κ2) is 6.86. The largest absolute Gasteiger partial charge is 0.311 e. The summed E-state index contributed by atoms with van der Waals surface area (Å²) in [5, 5.41) is 8.25. The Balaban J connectivity index is 2.11. The van der Waals surface area contributed by atoms with Crippen LogP contribution in [0.3, 0.4) is 0 Å². The molecule has 0 saturated carbocycles. The Kier molecular flexibility index (Phi) is 5.42. The highest BCUT2D eigenvalue weighted by Gasteiger charge is 2.21. The van der Waals surface area contributed by atoms with Crippen molar-refractivity contribution < 1.29 is 0 Å². The number of aromatic nitrogens is 2. The molecule has 4 nitrogen and oxygen atoms in total. The van der Waals surface area contributed by atoms with Gasteiger partial charge in [0.15, 0.2) is 0 Å². The standard InChI is InChI=1S/C14H25BrN4/c1-4-11-9-18(8-7-16-11)10-13-14(15)12(5-2)17-19(13)6-3/h11,16H,4-10H2,1-3H3. The molecule has 2 rings (SSSR count). The second-order valence-corrected chi connectivity index (χ2v) is 5.96. The fourth-order valence-corrected chi connectivity index (χ4v) is 3.38. The maximum atomic E-state index is 4.68. The first-order valence-corrected chi connectivity index (χ1v) is 8.18. The number of nitrogens with zero attached hydrogens (tertiary/aromatic N) is 3. The Morgan fingerprint density at radius 3 is 2.79 bits per heavy atom. The molecule has 2 heterocycles. The van der Waals surface area contributed by atoms with Crippen LogP contribution >= 0.6 is 15.9 Å². The van der Waals surface area contributed by atoms with Gasteiger partial charge >= 0.3 is 0 Å². The van der Waals surface area contributed by atoms with E-state index in [0.29, 0.717) is 6.04 Å². The van der Waals surface area contributed by atoms with Crippen LogP contribution in [0.25, 0.3) is 0 Å². The van der Waals surface area contributed by atoms with Crippen molar-refractivity contribution in [1.82, 2.24) is 20.0 Å². The molecule has 19 heavy (non-hydrogen) atoms. The van der Waals surface area contributed by atoms with Crippen LogP contribution in [-0.2, 0) is 19.5 Å². The van der Waals surface area contributed by atoms with Gasteiger partial charge < -0.3 is 5.32 Å². The fourth-order valence-electron chi connectivity index (χ4n) is 2.69. The van der Waals surface area contributed by atoms with E-state index in [1.165, 1.54) is 22.3 Å². The van der Waals surface area contributed by atoms with E-state index < -0.39 is 0 Å². The Bertz CT molecular complexity index is 416. The van der Waals surface area contributed by atoms with E-state index in [1.807, 2.05) is 0 Å². The van der Waals surface area contributed by atoms with Crippen molar-refractivity contribution in [3.63, 3.8) is 0 Å². The second-order valence-electron chi connectivity index (χ2n) is 5.17. The highest BCUT2D eigenvalue weighted by Crippen LogP contribution is 2.24. The predicted octanol–water partition coefficient (Wildman–Crippen LogP) is 2.41. The molecule has 0 amide bonds. The maximum Gasteiger partial charge on any atom is 0.0767 e. The number of hydrogen-bond acceptors (Lipinski definition) is 3. The third-order valence-corrected chi connectivity index (χ3v) is 4.82. The summed E-state index contributed by atoms with van der Waals surface area (Å²) >= 11 is 3.74. The minimum Gasteiger partial charge on any atom is -0.311 e. The molecule has 1 unspecified atom stereocenters. The van der Waals surface area contributed by atoms with E-state index in [9.17, 15) is 0 Å². The maximum absolute atomic E-state index is 4.68. The highest BCUT2D eigenvalue weighted by molar-refractivity contribution is 9.10. The van der Waals surface area contributed by atoms with E-state index in [0.717, 1.165) is 39.1 Å². The van der Waals surface area contributed by atoms with Crippen molar-refractivity contribution in [2.75, 3.05) is 19.6 Å². The zero-order valence-corrected chi connectivity index (χ0v) is 13.8. The van der Waals surface area contributed by atoms with Crippen LogP contribution in [0.4, 0.5) is 0 Å². The number of halogens is 1. The van der Waals surface area contributed by atoms with Gasteiger partial charge in [-0.25, -0.2) is 0 Å². The van der Waals surface area contributed by atoms with Gasteiger partial charge in [-0.2, -0.15) is 5.10 Å². The van der Waals surface area contributed by atoms with Crippen molar-refractivity contribution in [2.45, 2.75) is 52.7 Å². The zero-order valence-electron chi connectivity index (χ0n) is 12.2. The molecule has 0 radical (unpaired) electrons. The number of piperazine rings is 1. The first kappa shape index (κ1) is 15.0. The Morgan fingerprint density at radius 2 is 2.16 bits per heavy atom. The molecule has 1 N–H and O–H groups in total. The van der Waals surface area contributed by atoms with Crippen LogP contribution < -0.4 is 5.32 Å². The summed E-state index contributed by atoms with van der Waals surface area (Å²) in [5.41, 5.74) is 2.51. The van der Waals surface area contributed by atoms with E-state index in [1.54, 1.807) is 0 Å². The molecule has 0 aromatic carbocycles. The Hall–Kier alpha value is -0.390. The average Bonchev–Trinajstić information content (AvgIpc) is 2.75. The first-order chi connectivity index (χ1) is 9.19. The van der Waals surface area contributed by atoms with Gasteiger partial charge in [0.2, 0.25) is 0 Å². The number of aryl methyl sites for hydroxylation is 2. The molecule has 1 atom stereocenters. The van der Waals surface area contributed by atoms with Crippen molar-refractivity contribution in [3.05, 3.63) is 15.9 Å². The fraction of sp³-hybridized carbons (Fsp3) is 0.786. The number of nitrogens with one attached hydrogen (secondary N) is 1. The van der Waals surface area contributed by atoms with E-state index in [2.05, 4.69) is 56.7 Å². The van der Waals surface area contributed by atoms with Gasteiger partial charge in [-0.3, -0.25) is 9.58 Å². The van der Waals surface area contributed by atoms with Crippen molar-refractivity contribution in [3.8, 4) is 0 Å².